The van der Waals surface area contributed by atoms with Crippen molar-refractivity contribution in [3.8, 4) is 6.07 Å². The van der Waals surface area contributed by atoms with Gasteiger partial charge in [0.1, 0.15) is 5.82 Å². The molecular weight excluding hydrogens is 234 g/mol. The molecule has 1 aliphatic rings. The first-order valence-corrected chi connectivity index (χ1v) is 6.79. The van der Waals surface area contributed by atoms with Crippen molar-refractivity contribution in [2.45, 2.75) is 37.9 Å². The molecule has 1 aromatic heterocycles. The van der Waals surface area contributed by atoms with Crippen molar-refractivity contribution in [3.05, 3.63) is 5.82 Å². The average molecular weight is 251 g/mol. The van der Waals surface area contributed by atoms with E-state index < -0.39 is 0 Å². The molecule has 1 aliphatic carbocycles. The maximum absolute atomic E-state index is 8.77. The van der Waals surface area contributed by atoms with Gasteiger partial charge in [0.25, 0.3) is 0 Å². The van der Waals surface area contributed by atoms with E-state index in [1.165, 1.54) is 0 Å². The maximum Gasteiger partial charge on any atom is 0.191 e. The summed E-state index contributed by atoms with van der Waals surface area (Å²) in [6.45, 7) is 3.29. The summed E-state index contributed by atoms with van der Waals surface area (Å²) in [6.07, 6.45) is 2.99. The van der Waals surface area contributed by atoms with Crippen LogP contribution in [0.2, 0.25) is 0 Å². The zero-order chi connectivity index (χ0) is 12.3. The number of aryl methyl sites for hydroxylation is 1. The molecule has 2 N–H and O–H groups in total. The quantitative estimate of drug-likeness (QED) is 0.771. The highest BCUT2D eigenvalue weighted by molar-refractivity contribution is 7.99. The van der Waals surface area contributed by atoms with Crippen LogP contribution in [0.25, 0.3) is 0 Å². The lowest BCUT2D eigenvalue weighted by Crippen LogP contribution is -2.13. The summed E-state index contributed by atoms with van der Waals surface area (Å²) in [6, 6.07) is 2.28. The van der Waals surface area contributed by atoms with E-state index in [0.717, 1.165) is 36.1 Å². The number of nitriles is 1. The Morgan fingerprint density at radius 1 is 1.53 bits per heavy atom. The fourth-order valence-electron chi connectivity index (χ4n) is 1.79. The van der Waals surface area contributed by atoms with Crippen LogP contribution in [-0.2, 0) is 6.54 Å². The molecule has 1 fully saturated rings. The highest BCUT2D eigenvalue weighted by Gasteiger charge is 2.42. The summed E-state index contributed by atoms with van der Waals surface area (Å²) in [5.41, 5.74) is 5.81. The fourth-order valence-corrected chi connectivity index (χ4v) is 3.09. The van der Waals surface area contributed by atoms with E-state index in [2.05, 4.69) is 16.3 Å². The standard InChI is InChI=1S/C11H17N5S/c1-9-14-15-10(16(9)7-6-13)17-8-11(2-3-11)4-5-12/h2-4,6-8,13H2,1H3. The summed E-state index contributed by atoms with van der Waals surface area (Å²) in [7, 11) is 0. The summed E-state index contributed by atoms with van der Waals surface area (Å²) in [5, 5.41) is 17.9. The predicted molar refractivity (Wildman–Crippen MR) is 66.4 cm³/mol. The third-order valence-corrected chi connectivity index (χ3v) is 4.49. The second-order valence-electron chi connectivity index (χ2n) is 4.59. The minimum absolute atomic E-state index is 0.243. The number of hydrogen-bond donors (Lipinski definition) is 1. The highest BCUT2D eigenvalue weighted by atomic mass is 32.2. The van der Waals surface area contributed by atoms with Crippen molar-refractivity contribution in [1.82, 2.24) is 14.8 Å². The van der Waals surface area contributed by atoms with Gasteiger partial charge in [-0.2, -0.15) is 5.26 Å². The normalized spacial score (nSPS) is 16.8. The molecule has 92 valence electrons. The third kappa shape index (κ3) is 2.79. The van der Waals surface area contributed by atoms with Gasteiger partial charge in [0.15, 0.2) is 5.16 Å². The molecule has 2 rings (SSSR count). The second-order valence-corrected chi connectivity index (χ2v) is 5.54. The van der Waals surface area contributed by atoms with Gasteiger partial charge in [-0.15, -0.1) is 10.2 Å². The molecule has 0 aliphatic heterocycles. The van der Waals surface area contributed by atoms with Crippen molar-refractivity contribution in [1.29, 1.82) is 5.26 Å². The summed E-state index contributed by atoms with van der Waals surface area (Å²) >= 11 is 1.70. The van der Waals surface area contributed by atoms with E-state index in [0.29, 0.717) is 13.0 Å². The van der Waals surface area contributed by atoms with E-state index in [4.69, 9.17) is 11.0 Å². The van der Waals surface area contributed by atoms with Crippen LogP contribution in [0.1, 0.15) is 25.1 Å². The molecule has 0 unspecified atom stereocenters. The van der Waals surface area contributed by atoms with E-state index in [1.807, 2.05) is 11.5 Å². The maximum atomic E-state index is 8.77. The Hall–Kier alpha value is -1.06. The van der Waals surface area contributed by atoms with E-state index in [1.54, 1.807) is 11.8 Å². The molecule has 1 saturated carbocycles. The van der Waals surface area contributed by atoms with Gasteiger partial charge in [-0.3, -0.25) is 0 Å². The van der Waals surface area contributed by atoms with Crippen LogP contribution >= 0.6 is 11.8 Å². The molecule has 1 heterocycles. The Bertz CT molecular complexity index is 430. The molecule has 0 atom stereocenters. The molecule has 6 heteroatoms. The number of rotatable bonds is 6. The molecular formula is C11H17N5S. The average Bonchev–Trinajstić information content (AvgIpc) is 2.99. The molecule has 0 radical (unpaired) electrons. The van der Waals surface area contributed by atoms with Gasteiger partial charge in [0.2, 0.25) is 0 Å². The van der Waals surface area contributed by atoms with Gasteiger partial charge in [-0.1, -0.05) is 11.8 Å². The van der Waals surface area contributed by atoms with Crippen molar-refractivity contribution in [2.75, 3.05) is 12.3 Å². The Labute approximate surface area is 105 Å². The largest absolute Gasteiger partial charge is 0.329 e. The zero-order valence-corrected chi connectivity index (χ0v) is 10.8. The summed E-state index contributed by atoms with van der Waals surface area (Å²) < 4.78 is 2.05. The van der Waals surface area contributed by atoms with Crippen LogP contribution in [-0.4, -0.2) is 27.1 Å². The first-order chi connectivity index (χ1) is 8.21. The van der Waals surface area contributed by atoms with Gasteiger partial charge in [-0.25, -0.2) is 0 Å². The van der Waals surface area contributed by atoms with Crippen LogP contribution in [0.4, 0.5) is 0 Å². The number of hydrogen-bond acceptors (Lipinski definition) is 5. The first kappa shape index (κ1) is 12.4. The van der Waals surface area contributed by atoms with Gasteiger partial charge in [0, 0.05) is 25.3 Å². The fraction of sp³-hybridized carbons (Fsp3) is 0.727. The van der Waals surface area contributed by atoms with Gasteiger partial charge >= 0.3 is 0 Å². The lowest BCUT2D eigenvalue weighted by molar-refractivity contribution is 0.596. The van der Waals surface area contributed by atoms with E-state index in [-0.39, 0.29) is 5.41 Å². The van der Waals surface area contributed by atoms with Crippen molar-refractivity contribution in [2.24, 2.45) is 11.1 Å². The lowest BCUT2D eigenvalue weighted by Gasteiger charge is -2.10. The number of aromatic nitrogens is 3. The Balaban J connectivity index is 1.97. The van der Waals surface area contributed by atoms with Gasteiger partial charge in [-0.05, 0) is 25.2 Å². The van der Waals surface area contributed by atoms with Crippen molar-refractivity contribution < 1.29 is 0 Å². The molecule has 0 aromatic carbocycles. The molecule has 5 nitrogen and oxygen atoms in total. The molecule has 17 heavy (non-hydrogen) atoms. The van der Waals surface area contributed by atoms with Crippen LogP contribution in [0, 0.1) is 23.7 Å². The second kappa shape index (κ2) is 5.07. The topological polar surface area (TPSA) is 80.5 Å². The van der Waals surface area contributed by atoms with Crippen LogP contribution in [0.5, 0.6) is 0 Å². The molecule has 0 bridgehead atoms. The lowest BCUT2D eigenvalue weighted by atomic mass is 10.1. The Morgan fingerprint density at radius 2 is 2.29 bits per heavy atom. The van der Waals surface area contributed by atoms with Gasteiger partial charge in [0.05, 0.1) is 6.07 Å². The summed E-state index contributed by atoms with van der Waals surface area (Å²) in [5.74, 6) is 1.87. The van der Waals surface area contributed by atoms with Crippen LogP contribution in [0.3, 0.4) is 0 Å². The predicted octanol–water partition coefficient (Wildman–Crippen LogP) is 1.33. The van der Waals surface area contributed by atoms with Crippen molar-refractivity contribution in [3.63, 3.8) is 0 Å². The Morgan fingerprint density at radius 3 is 2.88 bits per heavy atom. The zero-order valence-electron chi connectivity index (χ0n) is 10.0. The highest BCUT2D eigenvalue weighted by Crippen LogP contribution is 2.51. The number of nitrogens with two attached hydrogens (primary N) is 1. The minimum atomic E-state index is 0.243. The first-order valence-electron chi connectivity index (χ1n) is 5.80. The molecule has 0 amide bonds. The monoisotopic (exact) mass is 251 g/mol. The minimum Gasteiger partial charge on any atom is -0.329 e. The smallest absolute Gasteiger partial charge is 0.191 e. The summed E-state index contributed by atoms with van der Waals surface area (Å²) in [4.78, 5) is 0. The molecule has 0 spiro atoms. The van der Waals surface area contributed by atoms with Gasteiger partial charge < -0.3 is 10.3 Å². The SMILES string of the molecule is Cc1nnc(SCC2(CC#N)CC2)n1CCN. The van der Waals surface area contributed by atoms with Crippen LogP contribution in [0.15, 0.2) is 5.16 Å². The Kier molecular flexibility index (Phi) is 3.69. The number of nitrogens with zero attached hydrogens (tertiary/aromatic N) is 4. The molecule has 0 saturated heterocycles. The molecule has 1 aromatic rings. The van der Waals surface area contributed by atoms with E-state index >= 15 is 0 Å². The van der Waals surface area contributed by atoms with Crippen molar-refractivity contribution >= 4 is 11.8 Å². The van der Waals surface area contributed by atoms with E-state index in [9.17, 15) is 0 Å². The van der Waals surface area contributed by atoms with Crippen LogP contribution < -0.4 is 5.73 Å². The third-order valence-electron chi connectivity index (χ3n) is 3.17. The number of thioether (sulfide) groups is 1.